The summed E-state index contributed by atoms with van der Waals surface area (Å²) in [6.07, 6.45) is 4.61. The summed E-state index contributed by atoms with van der Waals surface area (Å²) in [6.45, 7) is 15.0. The van der Waals surface area contributed by atoms with Crippen LogP contribution in [0.5, 0.6) is 0 Å². The molecule has 1 aromatic heterocycles. The van der Waals surface area contributed by atoms with Gasteiger partial charge in [0.1, 0.15) is 22.6 Å². The molecule has 0 spiro atoms. The Morgan fingerprint density at radius 1 is 1.00 bits per heavy atom. The van der Waals surface area contributed by atoms with Gasteiger partial charge in [-0.25, -0.2) is 14.4 Å². The first-order valence-corrected chi connectivity index (χ1v) is 16.2. The summed E-state index contributed by atoms with van der Waals surface area (Å²) in [4.78, 5) is 53.7. The van der Waals surface area contributed by atoms with Crippen LogP contribution < -0.4 is 10.2 Å². The van der Waals surface area contributed by atoms with Gasteiger partial charge in [-0.1, -0.05) is 18.8 Å². The zero-order valence-corrected chi connectivity index (χ0v) is 27.7. The summed E-state index contributed by atoms with van der Waals surface area (Å²) in [6, 6.07) is 0.651. The highest BCUT2D eigenvalue weighted by Gasteiger charge is 2.38. The van der Waals surface area contributed by atoms with Gasteiger partial charge in [0.2, 0.25) is 5.91 Å². The number of hydrogen-bond acceptors (Lipinski definition) is 7. The molecule has 2 amide bonds. The van der Waals surface area contributed by atoms with Gasteiger partial charge in [0.15, 0.2) is 0 Å². The van der Waals surface area contributed by atoms with E-state index in [1.165, 1.54) is 0 Å². The average Bonchev–Trinajstić information content (AvgIpc) is 3.31. The topological polar surface area (TPSA) is 122 Å². The number of carboxylic acid groups (broad SMARTS) is 1. The first-order valence-electron chi connectivity index (χ1n) is 15.4. The number of carbonyl (C=O) groups excluding carboxylic acids is 3. The maximum absolute atomic E-state index is 14.1. The summed E-state index contributed by atoms with van der Waals surface area (Å²) in [5.74, 6) is 5.05. The third-order valence-corrected chi connectivity index (χ3v) is 8.74. The normalized spacial score (nSPS) is 23.3. The van der Waals surface area contributed by atoms with Crippen molar-refractivity contribution in [2.24, 2.45) is 17.3 Å². The van der Waals surface area contributed by atoms with Crippen molar-refractivity contribution in [2.45, 2.75) is 131 Å². The maximum atomic E-state index is 14.1. The second-order valence-electron chi connectivity index (χ2n) is 14.0. The number of rotatable bonds is 7. The second kappa shape index (κ2) is 14.1. The number of anilines is 1. The highest BCUT2D eigenvalue weighted by Crippen LogP contribution is 2.39. The summed E-state index contributed by atoms with van der Waals surface area (Å²) < 4.78 is 10.9. The van der Waals surface area contributed by atoms with Gasteiger partial charge in [0.25, 0.3) is 0 Å². The number of hydrogen-bond donors (Lipinski definition) is 2. The van der Waals surface area contributed by atoms with Crippen LogP contribution in [0.3, 0.4) is 0 Å². The zero-order chi connectivity index (χ0) is 32.1. The quantitative estimate of drug-likeness (QED) is 0.256. The van der Waals surface area contributed by atoms with E-state index in [4.69, 9.17) is 9.47 Å². The minimum atomic E-state index is -1.08. The van der Waals surface area contributed by atoms with Crippen molar-refractivity contribution in [1.29, 1.82) is 0 Å². The minimum absolute atomic E-state index is 0.0295. The Morgan fingerprint density at radius 3 is 2.14 bits per heavy atom. The molecular formula is C33H48N2O7S. The SMILES string of the molecule is C[C@H](NC(=O)OC(C)(C)C)C(=O)O[C@H]1CC[C@H](N(c2cc(C#CC(C)(C)C)sc2C(=O)O)C(=O)[C@H]2CC[C@H](C)CC2)CC1. The highest BCUT2D eigenvalue weighted by atomic mass is 32.1. The molecular weight excluding hydrogens is 568 g/mol. The van der Waals surface area contributed by atoms with Crippen LogP contribution in [0.1, 0.15) is 121 Å². The Morgan fingerprint density at radius 2 is 1.60 bits per heavy atom. The summed E-state index contributed by atoms with van der Waals surface area (Å²) >= 11 is 1.10. The van der Waals surface area contributed by atoms with Crippen LogP contribution >= 0.6 is 11.3 Å². The molecule has 1 atom stereocenters. The monoisotopic (exact) mass is 616 g/mol. The second-order valence-corrected chi connectivity index (χ2v) is 15.1. The predicted molar refractivity (Wildman–Crippen MR) is 167 cm³/mol. The van der Waals surface area contributed by atoms with Crippen LogP contribution in [0.4, 0.5) is 10.5 Å². The lowest BCUT2D eigenvalue weighted by atomic mass is 9.81. The fourth-order valence-corrected chi connectivity index (χ4v) is 6.30. The summed E-state index contributed by atoms with van der Waals surface area (Å²) in [5, 5.41) is 12.6. The molecule has 43 heavy (non-hydrogen) atoms. The number of ether oxygens (including phenoxy) is 2. The molecule has 1 aromatic rings. The standard InChI is InChI=1S/C33H48N2O7S/c1-20-9-11-22(12-10-20)28(36)35(26-19-25(17-18-32(3,4)5)43-27(26)29(37)38)23-13-15-24(16-14-23)41-30(39)21(2)34-31(40)42-33(6,7)8/h19-24H,9-16H2,1-8H3,(H,34,40)(H,37,38)/t20-,21-,22-,23-,24-/m0/s1. The van der Waals surface area contributed by atoms with Crippen LogP contribution in [0, 0.1) is 29.1 Å². The minimum Gasteiger partial charge on any atom is -0.477 e. The number of aromatic carboxylic acids is 1. The molecule has 2 aliphatic carbocycles. The van der Waals surface area contributed by atoms with Gasteiger partial charge in [-0.15, -0.1) is 11.3 Å². The highest BCUT2D eigenvalue weighted by molar-refractivity contribution is 7.15. The van der Waals surface area contributed by atoms with Crippen LogP contribution in [0.2, 0.25) is 0 Å². The first-order chi connectivity index (χ1) is 19.9. The van der Waals surface area contributed by atoms with E-state index < -0.39 is 29.7 Å². The predicted octanol–water partition coefficient (Wildman–Crippen LogP) is 6.77. The number of carbonyl (C=O) groups is 4. The Bertz CT molecular complexity index is 1230. The lowest BCUT2D eigenvalue weighted by Gasteiger charge is -2.39. The van der Waals surface area contributed by atoms with E-state index >= 15 is 0 Å². The fraction of sp³-hybridized carbons (Fsp3) is 0.697. The van der Waals surface area contributed by atoms with Crippen LogP contribution in [0.15, 0.2) is 6.07 Å². The molecule has 2 saturated carbocycles. The third kappa shape index (κ3) is 10.3. The average molecular weight is 617 g/mol. The number of amides is 2. The maximum Gasteiger partial charge on any atom is 0.408 e. The van der Waals surface area contributed by atoms with Crippen molar-refractivity contribution in [2.75, 3.05) is 4.90 Å². The molecule has 9 nitrogen and oxygen atoms in total. The van der Waals surface area contributed by atoms with E-state index in [-0.39, 0.29) is 34.3 Å². The molecule has 3 rings (SSSR count). The Balaban J connectivity index is 1.78. The van der Waals surface area contributed by atoms with Gasteiger partial charge in [-0.2, -0.15) is 0 Å². The van der Waals surface area contributed by atoms with Crippen molar-refractivity contribution >= 4 is 41.0 Å². The third-order valence-electron chi connectivity index (χ3n) is 7.71. The van der Waals surface area contributed by atoms with Crippen molar-refractivity contribution < 1.29 is 33.8 Å². The van der Waals surface area contributed by atoms with Crippen molar-refractivity contribution in [3.8, 4) is 11.8 Å². The molecule has 0 unspecified atom stereocenters. The molecule has 0 aromatic carbocycles. The van der Waals surface area contributed by atoms with Crippen molar-refractivity contribution in [3.05, 3.63) is 15.8 Å². The Labute approximate surface area is 260 Å². The summed E-state index contributed by atoms with van der Waals surface area (Å²) in [7, 11) is 0. The van der Waals surface area contributed by atoms with Gasteiger partial charge in [-0.05, 0) is 112 Å². The van der Waals surface area contributed by atoms with Crippen molar-refractivity contribution in [1.82, 2.24) is 5.32 Å². The van der Waals surface area contributed by atoms with Gasteiger partial charge in [0, 0.05) is 17.4 Å². The molecule has 238 valence electrons. The van der Waals surface area contributed by atoms with Gasteiger partial charge in [-0.3, -0.25) is 4.79 Å². The largest absolute Gasteiger partial charge is 0.477 e. The van der Waals surface area contributed by atoms with Gasteiger partial charge >= 0.3 is 18.0 Å². The molecule has 2 fully saturated rings. The number of esters is 1. The molecule has 0 saturated heterocycles. The number of nitrogens with zero attached hydrogens (tertiary/aromatic N) is 1. The van der Waals surface area contributed by atoms with E-state index in [1.807, 2.05) is 20.8 Å². The smallest absolute Gasteiger partial charge is 0.408 e. The van der Waals surface area contributed by atoms with Gasteiger partial charge < -0.3 is 24.8 Å². The zero-order valence-electron chi connectivity index (χ0n) is 26.9. The fourth-order valence-electron chi connectivity index (χ4n) is 5.45. The van der Waals surface area contributed by atoms with Crippen LogP contribution in [-0.2, 0) is 19.1 Å². The van der Waals surface area contributed by atoms with E-state index in [0.717, 1.165) is 37.0 Å². The Hall–Kier alpha value is -3.06. The number of carboxylic acids is 1. The Kier molecular flexibility index (Phi) is 11.3. The lowest BCUT2D eigenvalue weighted by Crippen LogP contribution is -2.48. The summed E-state index contributed by atoms with van der Waals surface area (Å²) in [5.41, 5.74) is -0.527. The molecule has 0 radical (unpaired) electrons. The molecule has 2 N–H and O–H groups in total. The van der Waals surface area contributed by atoms with Crippen LogP contribution in [0.25, 0.3) is 0 Å². The van der Waals surface area contributed by atoms with E-state index in [0.29, 0.717) is 42.2 Å². The number of alkyl carbamates (subject to hydrolysis) is 1. The van der Waals surface area contributed by atoms with Crippen LogP contribution in [-0.4, -0.2) is 52.8 Å². The van der Waals surface area contributed by atoms with E-state index in [1.54, 1.807) is 38.7 Å². The molecule has 2 aliphatic rings. The first kappa shape index (κ1) is 34.4. The lowest BCUT2D eigenvalue weighted by molar-refractivity contribution is -0.152. The van der Waals surface area contributed by atoms with Gasteiger partial charge in [0.05, 0.1) is 10.6 Å². The van der Waals surface area contributed by atoms with Crippen molar-refractivity contribution in [3.63, 3.8) is 0 Å². The van der Waals surface area contributed by atoms with E-state index in [2.05, 4.69) is 24.1 Å². The molecule has 0 aliphatic heterocycles. The number of thiophene rings is 1. The van der Waals surface area contributed by atoms with E-state index in [9.17, 15) is 24.3 Å². The molecule has 10 heteroatoms. The molecule has 0 bridgehead atoms. The molecule has 1 heterocycles. The number of nitrogens with one attached hydrogen (secondary N) is 1.